The molecule has 0 heterocycles. The number of alkyl halides is 2. The highest BCUT2D eigenvalue weighted by molar-refractivity contribution is 5.65. The van der Waals surface area contributed by atoms with Crippen molar-refractivity contribution in [2.24, 2.45) is 11.8 Å². The molecule has 0 saturated heterocycles. The van der Waals surface area contributed by atoms with E-state index in [4.69, 9.17) is 4.74 Å². The van der Waals surface area contributed by atoms with Gasteiger partial charge in [0.05, 0.1) is 6.42 Å². The zero-order valence-electron chi connectivity index (χ0n) is 23.9. The van der Waals surface area contributed by atoms with Crippen molar-refractivity contribution in [2.75, 3.05) is 0 Å². The van der Waals surface area contributed by atoms with Crippen LogP contribution in [0.3, 0.4) is 0 Å². The molecular weight excluding hydrogens is 576 g/mol. The third kappa shape index (κ3) is 7.18. The lowest BCUT2D eigenvalue weighted by molar-refractivity contribution is -0.183. The number of hydrogen-bond acceptors (Lipinski definition) is 1. The van der Waals surface area contributed by atoms with Gasteiger partial charge < -0.3 is 4.74 Å². The average Bonchev–Trinajstić information content (AvgIpc) is 2.97. The highest BCUT2D eigenvalue weighted by Crippen LogP contribution is 2.43. The Bertz CT molecular complexity index is 1420. The van der Waals surface area contributed by atoms with Crippen molar-refractivity contribution in [2.45, 2.75) is 89.1 Å². The normalized spacial score (nSPS) is 22.9. The molecule has 0 radical (unpaired) electrons. The topological polar surface area (TPSA) is 9.23 Å². The van der Waals surface area contributed by atoms with Gasteiger partial charge in [-0.3, -0.25) is 0 Å². The van der Waals surface area contributed by atoms with Crippen LogP contribution in [0.5, 0.6) is 5.75 Å². The Morgan fingerprint density at radius 3 is 1.72 bits per heavy atom. The van der Waals surface area contributed by atoms with Gasteiger partial charge in [0.25, 0.3) is 0 Å². The van der Waals surface area contributed by atoms with Gasteiger partial charge in [-0.15, -0.1) is 0 Å². The molecular formula is C34H34F8O. The molecule has 0 N–H and O–H groups in total. The molecule has 3 aromatic rings. The predicted octanol–water partition coefficient (Wildman–Crippen LogP) is 11.2. The number of ether oxygens (including phenoxy) is 1. The Labute approximate surface area is 246 Å². The summed E-state index contributed by atoms with van der Waals surface area (Å²) in [6, 6.07) is 7.40. The lowest BCUT2D eigenvalue weighted by Crippen LogP contribution is -2.26. The average molecular weight is 611 g/mol. The van der Waals surface area contributed by atoms with Crippen molar-refractivity contribution in [1.29, 1.82) is 0 Å². The Kier molecular flexibility index (Phi) is 9.37. The smallest absolute Gasteiger partial charge is 0.397 e. The van der Waals surface area contributed by atoms with Gasteiger partial charge in [-0.1, -0.05) is 31.9 Å². The minimum Gasteiger partial charge on any atom is -0.432 e. The molecule has 0 aromatic heterocycles. The molecule has 2 aliphatic carbocycles. The molecule has 0 bridgehead atoms. The second kappa shape index (κ2) is 12.9. The second-order valence-corrected chi connectivity index (χ2v) is 12.2. The first-order chi connectivity index (χ1) is 20.4. The molecule has 43 heavy (non-hydrogen) atoms. The van der Waals surface area contributed by atoms with E-state index in [9.17, 15) is 26.3 Å². The summed E-state index contributed by atoms with van der Waals surface area (Å²) in [5.74, 6) is -7.36. The van der Waals surface area contributed by atoms with E-state index in [1.807, 2.05) is 0 Å². The number of halogens is 8. The van der Waals surface area contributed by atoms with E-state index in [1.54, 1.807) is 12.1 Å². The summed E-state index contributed by atoms with van der Waals surface area (Å²) in [5.41, 5.74) is 0.214. The highest BCUT2D eigenvalue weighted by atomic mass is 19.3. The summed E-state index contributed by atoms with van der Waals surface area (Å²) in [7, 11) is 0. The van der Waals surface area contributed by atoms with Gasteiger partial charge in [-0.05, 0) is 110 Å². The molecule has 0 spiro atoms. The molecule has 3 aromatic carbocycles. The molecule has 0 amide bonds. The van der Waals surface area contributed by atoms with Crippen LogP contribution in [0, 0.1) is 46.7 Å². The standard InChI is InChI=1S/C34H34F8O/c1-19-2-6-21(7-3-19)26-12-13-27(32(39)31(26)38)22-8-4-20(5-9-22)14-15-34(41,42)43-24-10-11-25(28(35)18-24)23-16-29(36)33(40)30(37)17-23/h10-13,16-22H,2-9,14-15H2,1H3. The molecule has 2 aliphatic rings. The summed E-state index contributed by atoms with van der Waals surface area (Å²) in [4.78, 5) is 0. The molecule has 232 valence electrons. The number of hydrogen-bond donors (Lipinski definition) is 0. The van der Waals surface area contributed by atoms with Gasteiger partial charge in [0.2, 0.25) is 0 Å². The Hall–Kier alpha value is -3.10. The first-order valence-corrected chi connectivity index (χ1v) is 14.9. The second-order valence-electron chi connectivity index (χ2n) is 12.2. The monoisotopic (exact) mass is 610 g/mol. The maximum atomic E-state index is 15.1. The van der Waals surface area contributed by atoms with Crippen LogP contribution in [0.25, 0.3) is 11.1 Å². The molecule has 0 atom stereocenters. The number of rotatable bonds is 8. The fraction of sp³-hybridized carbons (Fsp3) is 0.471. The van der Waals surface area contributed by atoms with Crippen LogP contribution in [0.15, 0.2) is 42.5 Å². The predicted molar refractivity (Wildman–Crippen MR) is 148 cm³/mol. The summed E-state index contributed by atoms with van der Waals surface area (Å²) in [6.07, 6.45) is 1.90. The summed E-state index contributed by atoms with van der Waals surface area (Å²) in [5, 5.41) is 0. The molecule has 9 heteroatoms. The van der Waals surface area contributed by atoms with Crippen LogP contribution in [0.1, 0.15) is 94.1 Å². The lowest BCUT2D eigenvalue weighted by atomic mass is 9.75. The molecule has 0 unspecified atom stereocenters. The third-order valence-corrected chi connectivity index (χ3v) is 9.23. The maximum absolute atomic E-state index is 15.1. The van der Waals surface area contributed by atoms with Gasteiger partial charge in [-0.2, -0.15) is 8.78 Å². The fourth-order valence-corrected chi connectivity index (χ4v) is 6.64. The van der Waals surface area contributed by atoms with Crippen LogP contribution < -0.4 is 4.74 Å². The van der Waals surface area contributed by atoms with Gasteiger partial charge >= 0.3 is 6.11 Å². The third-order valence-electron chi connectivity index (χ3n) is 9.23. The van der Waals surface area contributed by atoms with Crippen molar-refractivity contribution >= 4 is 0 Å². The van der Waals surface area contributed by atoms with Gasteiger partial charge in [-0.25, -0.2) is 26.3 Å². The zero-order chi connectivity index (χ0) is 30.9. The Morgan fingerprint density at radius 2 is 1.19 bits per heavy atom. The van der Waals surface area contributed by atoms with Gasteiger partial charge in [0.15, 0.2) is 29.1 Å². The highest BCUT2D eigenvalue weighted by Gasteiger charge is 2.35. The lowest BCUT2D eigenvalue weighted by Gasteiger charge is -2.31. The molecule has 1 nitrogen and oxygen atoms in total. The van der Waals surface area contributed by atoms with Crippen LogP contribution >= 0.6 is 0 Å². The van der Waals surface area contributed by atoms with Crippen molar-refractivity contribution < 1.29 is 39.9 Å². The van der Waals surface area contributed by atoms with Crippen LogP contribution in [-0.4, -0.2) is 6.11 Å². The molecule has 0 aliphatic heterocycles. The molecule has 2 saturated carbocycles. The van der Waals surface area contributed by atoms with Gasteiger partial charge in [0.1, 0.15) is 11.6 Å². The van der Waals surface area contributed by atoms with E-state index >= 15 is 8.78 Å². The minimum atomic E-state index is -3.61. The molecule has 5 rings (SSSR count). The quantitative estimate of drug-likeness (QED) is 0.182. The summed E-state index contributed by atoms with van der Waals surface area (Å²) >= 11 is 0. The maximum Gasteiger partial charge on any atom is 0.397 e. The van der Waals surface area contributed by atoms with E-state index in [0.717, 1.165) is 37.8 Å². The van der Waals surface area contributed by atoms with Crippen LogP contribution in [0.2, 0.25) is 0 Å². The summed E-state index contributed by atoms with van der Waals surface area (Å²) in [6.45, 7) is 2.17. The van der Waals surface area contributed by atoms with E-state index in [1.165, 1.54) is 0 Å². The minimum absolute atomic E-state index is 0.0396. The first kappa shape index (κ1) is 31.3. The van der Waals surface area contributed by atoms with E-state index in [-0.39, 0.29) is 35.3 Å². The van der Waals surface area contributed by atoms with E-state index in [2.05, 4.69) is 6.92 Å². The van der Waals surface area contributed by atoms with Crippen molar-refractivity contribution in [3.8, 4) is 16.9 Å². The van der Waals surface area contributed by atoms with Crippen LogP contribution in [-0.2, 0) is 0 Å². The van der Waals surface area contributed by atoms with Crippen LogP contribution in [0.4, 0.5) is 35.1 Å². The number of benzene rings is 3. The van der Waals surface area contributed by atoms with E-state index in [0.29, 0.717) is 60.9 Å². The molecule has 2 fully saturated rings. The fourth-order valence-electron chi connectivity index (χ4n) is 6.64. The zero-order valence-corrected chi connectivity index (χ0v) is 23.9. The van der Waals surface area contributed by atoms with E-state index < -0.39 is 53.2 Å². The first-order valence-electron chi connectivity index (χ1n) is 14.9. The van der Waals surface area contributed by atoms with Crippen molar-refractivity contribution in [3.63, 3.8) is 0 Å². The van der Waals surface area contributed by atoms with Crippen molar-refractivity contribution in [3.05, 3.63) is 88.5 Å². The summed E-state index contributed by atoms with van der Waals surface area (Å²) < 4.78 is 119. The van der Waals surface area contributed by atoms with Gasteiger partial charge in [0, 0.05) is 11.6 Å². The Morgan fingerprint density at radius 1 is 0.651 bits per heavy atom. The SMILES string of the molecule is CC1CCC(c2ccc(C3CCC(CCC(F)(F)Oc4ccc(-c5cc(F)c(F)c(F)c5)c(F)c4)CC3)c(F)c2F)CC1. The largest absolute Gasteiger partial charge is 0.432 e. The Balaban J connectivity index is 1.14. The van der Waals surface area contributed by atoms with Crippen molar-refractivity contribution in [1.82, 2.24) is 0 Å².